The van der Waals surface area contributed by atoms with Gasteiger partial charge in [-0.3, -0.25) is 9.80 Å². The van der Waals surface area contributed by atoms with Crippen molar-refractivity contribution in [2.24, 2.45) is 11.8 Å². The van der Waals surface area contributed by atoms with Gasteiger partial charge >= 0.3 is 0 Å². The number of aliphatic hydroxyl groups is 1. The van der Waals surface area contributed by atoms with Gasteiger partial charge in [-0.15, -0.1) is 0 Å². The van der Waals surface area contributed by atoms with Crippen molar-refractivity contribution in [1.29, 1.82) is 0 Å². The van der Waals surface area contributed by atoms with Crippen molar-refractivity contribution in [1.82, 2.24) is 9.80 Å². The zero-order valence-corrected chi connectivity index (χ0v) is 14.1. The van der Waals surface area contributed by atoms with Gasteiger partial charge in [0.25, 0.3) is 0 Å². The minimum Gasteiger partial charge on any atom is -0.464 e. The van der Waals surface area contributed by atoms with E-state index in [2.05, 4.69) is 28.0 Å². The van der Waals surface area contributed by atoms with E-state index in [1.807, 2.05) is 6.07 Å². The highest BCUT2D eigenvalue weighted by atomic mass is 16.5. The van der Waals surface area contributed by atoms with Gasteiger partial charge in [0.05, 0.1) is 19.5 Å². The number of hydrogen-bond donors (Lipinski definition) is 1. The van der Waals surface area contributed by atoms with E-state index in [4.69, 9.17) is 9.15 Å². The fourth-order valence-corrected chi connectivity index (χ4v) is 4.07. The van der Waals surface area contributed by atoms with Gasteiger partial charge in [-0.05, 0) is 35.6 Å². The highest BCUT2D eigenvalue weighted by molar-refractivity contribution is 5.77. The fraction of sp³-hybridized carbons (Fsp3) is 0.579. The molecule has 4 rings (SSSR count). The second-order valence-corrected chi connectivity index (χ2v) is 7.10. The molecule has 0 saturated carbocycles. The molecule has 0 aliphatic carbocycles. The largest absolute Gasteiger partial charge is 0.464 e. The Morgan fingerprint density at radius 2 is 1.88 bits per heavy atom. The molecule has 2 fully saturated rings. The van der Waals surface area contributed by atoms with Crippen LogP contribution in [0.25, 0.3) is 11.0 Å². The standard InChI is InChI=1S/C19H26N2O3/c22-14-18-13-21(12-17(18)11-20-4-7-23-8-5-20)10-15-1-2-19-16(9-15)3-6-24-19/h1-3,6,9,17-18,22H,4-5,7-8,10-14H2. The van der Waals surface area contributed by atoms with Gasteiger partial charge in [0.2, 0.25) is 0 Å². The smallest absolute Gasteiger partial charge is 0.133 e. The zero-order valence-electron chi connectivity index (χ0n) is 14.1. The lowest BCUT2D eigenvalue weighted by Gasteiger charge is -2.30. The van der Waals surface area contributed by atoms with Crippen LogP contribution in [0.1, 0.15) is 5.56 Å². The number of ether oxygens (including phenoxy) is 1. The first-order valence-electron chi connectivity index (χ1n) is 8.91. The number of rotatable bonds is 5. The van der Waals surface area contributed by atoms with E-state index in [-0.39, 0.29) is 6.61 Å². The molecule has 5 nitrogen and oxygen atoms in total. The zero-order chi connectivity index (χ0) is 16.4. The molecule has 1 aromatic heterocycles. The molecule has 0 bridgehead atoms. The number of morpholine rings is 1. The topological polar surface area (TPSA) is 49.1 Å². The van der Waals surface area contributed by atoms with E-state index >= 15 is 0 Å². The molecule has 2 atom stereocenters. The summed E-state index contributed by atoms with van der Waals surface area (Å²) in [6, 6.07) is 8.42. The van der Waals surface area contributed by atoms with Crippen LogP contribution in [0.2, 0.25) is 0 Å². The fourth-order valence-electron chi connectivity index (χ4n) is 4.07. The summed E-state index contributed by atoms with van der Waals surface area (Å²) in [5.74, 6) is 0.927. The van der Waals surface area contributed by atoms with Crippen molar-refractivity contribution in [3.63, 3.8) is 0 Å². The predicted molar refractivity (Wildman–Crippen MR) is 92.8 cm³/mol. The van der Waals surface area contributed by atoms with E-state index in [0.29, 0.717) is 11.8 Å². The molecule has 0 radical (unpaired) electrons. The molecule has 0 amide bonds. The number of likely N-dealkylation sites (tertiary alicyclic amines) is 1. The Hall–Kier alpha value is -1.40. The van der Waals surface area contributed by atoms with Crippen molar-refractivity contribution in [2.45, 2.75) is 6.54 Å². The number of fused-ring (bicyclic) bond motifs is 1. The average Bonchev–Trinajstić information content (AvgIpc) is 3.22. The Balaban J connectivity index is 1.38. The summed E-state index contributed by atoms with van der Waals surface area (Å²) in [4.78, 5) is 4.96. The van der Waals surface area contributed by atoms with Crippen molar-refractivity contribution in [3.8, 4) is 0 Å². The number of nitrogens with zero attached hydrogens (tertiary/aromatic N) is 2. The third-order valence-electron chi connectivity index (χ3n) is 5.41. The Bertz CT molecular complexity index is 665. The van der Waals surface area contributed by atoms with Gasteiger partial charge in [-0.2, -0.15) is 0 Å². The van der Waals surface area contributed by atoms with E-state index < -0.39 is 0 Å². The van der Waals surface area contributed by atoms with Crippen LogP contribution in [-0.2, 0) is 11.3 Å². The Kier molecular flexibility index (Phi) is 4.85. The maximum Gasteiger partial charge on any atom is 0.133 e. The molecule has 1 aromatic carbocycles. The number of aliphatic hydroxyl groups excluding tert-OH is 1. The van der Waals surface area contributed by atoms with Crippen molar-refractivity contribution < 1.29 is 14.3 Å². The second kappa shape index (κ2) is 7.23. The van der Waals surface area contributed by atoms with E-state index in [9.17, 15) is 5.11 Å². The molecular formula is C19H26N2O3. The lowest BCUT2D eigenvalue weighted by molar-refractivity contribution is 0.0264. The molecule has 3 heterocycles. The number of furan rings is 1. The predicted octanol–water partition coefficient (Wildman–Crippen LogP) is 1.81. The van der Waals surface area contributed by atoms with Crippen LogP contribution in [0.15, 0.2) is 34.9 Å². The lowest BCUT2D eigenvalue weighted by Crippen LogP contribution is -2.41. The number of benzene rings is 1. The van der Waals surface area contributed by atoms with Gasteiger partial charge in [-0.25, -0.2) is 0 Å². The van der Waals surface area contributed by atoms with Crippen LogP contribution < -0.4 is 0 Å². The van der Waals surface area contributed by atoms with Crippen LogP contribution in [0.4, 0.5) is 0 Å². The van der Waals surface area contributed by atoms with Crippen LogP contribution in [0, 0.1) is 11.8 Å². The summed E-state index contributed by atoms with van der Waals surface area (Å²) in [5.41, 5.74) is 2.26. The molecule has 2 aliphatic rings. The minimum atomic E-state index is 0.284. The third-order valence-corrected chi connectivity index (χ3v) is 5.41. The molecule has 1 N–H and O–H groups in total. The molecule has 2 aliphatic heterocycles. The monoisotopic (exact) mass is 330 g/mol. The van der Waals surface area contributed by atoms with Crippen LogP contribution in [-0.4, -0.2) is 67.5 Å². The molecule has 2 unspecified atom stereocenters. The molecule has 24 heavy (non-hydrogen) atoms. The normalized spacial score (nSPS) is 26.4. The Labute approximate surface area is 142 Å². The van der Waals surface area contributed by atoms with Crippen LogP contribution >= 0.6 is 0 Å². The van der Waals surface area contributed by atoms with Gasteiger partial charge in [0.15, 0.2) is 0 Å². The first-order chi connectivity index (χ1) is 11.8. The van der Waals surface area contributed by atoms with Gasteiger partial charge in [0, 0.05) is 51.3 Å². The van der Waals surface area contributed by atoms with Crippen LogP contribution in [0.5, 0.6) is 0 Å². The summed E-state index contributed by atoms with van der Waals surface area (Å²) in [7, 11) is 0. The van der Waals surface area contributed by atoms with E-state index in [1.165, 1.54) is 5.56 Å². The summed E-state index contributed by atoms with van der Waals surface area (Å²) in [6.07, 6.45) is 1.74. The first-order valence-corrected chi connectivity index (χ1v) is 8.91. The highest BCUT2D eigenvalue weighted by Crippen LogP contribution is 2.27. The van der Waals surface area contributed by atoms with Gasteiger partial charge in [-0.1, -0.05) is 6.07 Å². The molecule has 0 spiro atoms. The molecule has 5 heteroatoms. The summed E-state index contributed by atoms with van der Waals surface area (Å²) in [5, 5.41) is 10.9. The maximum absolute atomic E-state index is 9.78. The second-order valence-electron chi connectivity index (χ2n) is 7.10. The van der Waals surface area contributed by atoms with E-state index in [0.717, 1.165) is 63.5 Å². The lowest BCUT2D eigenvalue weighted by atomic mass is 9.96. The molecule has 2 saturated heterocycles. The van der Waals surface area contributed by atoms with Crippen molar-refractivity contribution in [2.75, 3.05) is 52.5 Å². The number of hydrogen-bond acceptors (Lipinski definition) is 5. The summed E-state index contributed by atoms with van der Waals surface area (Å²) < 4.78 is 10.9. The quantitative estimate of drug-likeness (QED) is 0.906. The van der Waals surface area contributed by atoms with Gasteiger partial charge in [0.1, 0.15) is 5.58 Å². The summed E-state index contributed by atoms with van der Waals surface area (Å²) >= 11 is 0. The molecule has 2 aromatic rings. The average molecular weight is 330 g/mol. The van der Waals surface area contributed by atoms with Crippen LogP contribution in [0.3, 0.4) is 0 Å². The SMILES string of the molecule is OCC1CN(Cc2ccc3occc3c2)CC1CN1CCOCC1. The molecule has 130 valence electrons. The minimum absolute atomic E-state index is 0.284. The third kappa shape index (κ3) is 3.49. The van der Waals surface area contributed by atoms with Crippen molar-refractivity contribution >= 4 is 11.0 Å². The highest BCUT2D eigenvalue weighted by Gasteiger charge is 2.33. The molecular weight excluding hydrogens is 304 g/mol. The van der Waals surface area contributed by atoms with E-state index in [1.54, 1.807) is 6.26 Å². The summed E-state index contributed by atoms with van der Waals surface area (Å²) in [6.45, 7) is 8.06. The Morgan fingerprint density at radius 3 is 2.71 bits per heavy atom. The van der Waals surface area contributed by atoms with Crippen molar-refractivity contribution in [3.05, 3.63) is 36.1 Å². The first kappa shape index (κ1) is 16.1. The Morgan fingerprint density at radius 1 is 1.04 bits per heavy atom. The maximum atomic E-state index is 9.78. The van der Waals surface area contributed by atoms with Gasteiger partial charge < -0.3 is 14.3 Å².